The summed E-state index contributed by atoms with van der Waals surface area (Å²) < 4.78 is 6.72. The summed E-state index contributed by atoms with van der Waals surface area (Å²) in [6, 6.07) is 11.2. The Bertz CT molecular complexity index is 1210. The zero-order chi connectivity index (χ0) is 19.5. The summed E-state index contributed by atoms with van der Waals surface area (Å²) >= 11 is 1.22. The van der Waals surface area contributed by atoms with E-state index in [9.17, 15) is 9.59 Å². The molecule has 8 heteroatoms. The van der Waals surface area contributed by atoms with Gasteiger partial charge in [0.25, 0.3) is 5.56 Å². The third-order valence-corrected chi connectivity index (χ3v) is 5.24. The second-order valence-corrected chi connectivity index (χ2v) is 7.08. The number of nitrogens with one attached hydrogen (secondary N) is 2. The van der Waals surface area contributed by atoms with Crippen LogP contribution >= 0.6 is 11.8 Å². The standard InChI is InChI=1S/C20H18N4O3S/c1-2-9-24-19(26)18-17(14-7-3-4-8-15(14)22-18)23-20(24)28-12-16(25)21-11-13-6-5-10-27-13/h2-8,10,22H,1,9,11-12H2,(H,21,25). The van der Waals surface area contributed by atoms with Gasteiger partial charge in [-0.1, -0.05) is 36.0 Å². The molecule has 0 saturated carbocycles. The van der Waals surface area contributed by atoms with Crippen molar-refractivity contribution >= 4 is 39.6 Å². The number of benzene rings is 1. The summed E-state index contributed by atoms with van der Waals surface area (Å²) in [5.74, 6) is 0.651. The number of aromatic amines is 1. The van der Waals surface area contributed by atoms with Gasteiger partial charge in [0.05, 0.1) is 18.6 Å². The van der Waals surface area contributed by atoms with Crippen LogP contribution in [0.5, 0.6) is 0 Å². The number of aromatic nitrogens is 3. The van der Waals surface area contributed by atoms with Gasteiger partial charge in [0.15, 0.2) is 5.16 Å². The molecule has 4 rings (SSSR count). The average molecular weight is 394 g/mol. The molecule has 3 aromatic heterocycles. The summed E-state index contributed by atoms with van der Waals surface area (Å²) in [4.78, 5) is 32.9. The lowest BCUT2D eigenvalue weighted by atomic mass is 10.2. The van der Waals surface area contributed by atoms with E-state index in [1.165, 1.54) is 16.3 Å². The van der Waals surface area contributed by atoms with E-state index in [-0.39, 0.29) is 17.2 Å². The predicted molar refractivity (Wildman–Crippen MR) is 109 cm³/mol. The van der Waals surface area contributed by atoms with Crippen LogP contribution in [-0.4, -0.2) is 26.2 Å². The van der Waals surface area contributed by atoms with E-state index in [1.807, 2.05) is 24.3 Å². The van der Waals surface area contributed by atoms with Crippen LogP contribution in [0.4, 0.5) is 0 Å². The van der Waals surface area contributed by atoms with Crippen LogP contribution in [-0.2, 0) is 17.9 Å². The number of nitrogens with zero attached hydrogens (tertiary/aromatic N) is 2. The number of carbonyl (C=O) groups is 1. The average Bonchev–Trinajstić information content (AvgIpc) is 3.35. The fourth-order valence-corrected chi connectivity index (χ4v) is 3.79. The largest absolute Gasteiger partial charge is 0.467 e. The summed E-state index contributed by atoms with van der Waals surface area (Å²) in [5.41, 5.74) is 1.74. The highest BCUT2D eigenvalue weighted by atomic mass is 32.2. The fourth-order valence-electron chi connectivity index (χ4n) is 2.96. The maximum atomic E-state index is 13.0. The lowest BCUT2D eigenvalue weighted by Crippen LogP contribution is -2.26. The van der Waals surface area contributed by atoms with Crippen LogP contribution in [0.15, 0.2) is 69.7 Å². The molecule has 28 heavy (non-hydrogen) atoms. The van der Waals surface area contributed by atoms with Crippen LogP contribution in [0.25, 0.3) is 21.9 Å². The number of hydrogen-bond acceptors (Lipinski definition) is 5. The van der Waals surface area contributed by atoms with Crippen molar-refractivity contribution in [3.8, 4) is 0 Å². The van der Waals surface area contributed by atoms with E-state index in [1.54, 1.807) is 24.5 Å². The van der Waals surface area contributed by atoms with E-state index >= 15 is 0 Å². The van der Waals surface area contributed by atoms with Crippen molar-refractivity contribution in [2.24, 2.45) is 0 Å². The molecular weight excluding hydrogens is 376 g/mol. The number of para-hydroxylation sites is 1. The Kier molecular flexibility index (Phi) is 5.03. The van der Waals surface area contributed by atoms with Gasteiger partial charge in [-0.2, -0.15) is 0 Å². The number of H-pyrrole nitrogens is 1. The minimum Gasteiger partial charge on any atom is -0.467 e. The van der Waals surface area contributed by atoms with Crippen molar-refractivity contribution < 1.29 is 9.21 Å². The van der Waals surface area contributed by atoms with E-state index < -0.39 is 0 Å². The van der Waals surface area contributed by atoms with Gasteiger partial charge in [-0.3, -0.25) is 14.2 Å². The van der Waals surface area contributed by atoms with Crippen LogP contribution in [0.1, 0.15) is 5.76 Å². The number of furan rings is 1. The minimum absolute atomic E-state index is 0.137. The van der Waals surface area contributed by atoms with E-state index in [2.05, 4.69) is 21.9 Å². The van der Waals surface area contributed by atoms with Gasteiger partial charge >= 0.3 is 0 Å². The fraction of sp³-hybridized carbons (Fsp3) is 0.150. The molecule has 3 heterocycles. The topological polar surface area (TPSA) is 92.9 Å². The molecule has 0 saturated heterocycles. The maximum absolute atomic E-state index is 13.0. The Labute approximate surface area is 164 Å². The zero-order valence-electron chi connectivity index (χ0n) is 15.0. The molecule has 0 fully saturated rings. The first-order chi connectivity index (χ1) is 13.7. The third-order valence-electron chi connectivity index (χ3n) is 4.26. The molecule has 142 valence electrons. The molecule has 7 nitrogen and oxygen atoms in total. The van der Waals surface area contributed by atoms with Gasteiger partial charge in [-0.05, 0) is 18.2 Å². The monoisotopic (exact) mass is 394 g/mol. The summed E-state index contributed by atoms with van der Waals surface area (Å²) in [5, 5.41) is 4.15. The van der Waals surface area contributed by atoms with Crippen molar-refractivity contribution in [3.05, 3.63) is 71.4 Å². The summed E-state index contributed by atoms with van der Waals surface area (Å²) in [7, 11) is 0. The maximum Gasteiger partial charge on any atom is 0.278 e. The molecule has 0 atom stereocenters. The van der Waals surface area contributed by atoms with E-state index in [4.69, 9.17) is 4.42 Å². The second-order valence-electron chi connectivity index (χ2n) is 6.14. The van der Waals surface area contributed by atoms with Crippen molar-refractivity contribution in [3.63, 3.8) is 0 Å². The molecule has 0 unspecified atom stereocenters. The van der Waals surface area contributed by atoms with Crippen LogP contribution in [0.3, 0.4) is 0 Å². The van der Waals surface area contributed by atoms with Gasteiger partial charge < -0.3 is 14.7 Å². The molecule has 4 aromatic rings. The molecule has 2 N–H and O–H groups in total. The number of allylic oxidation sites excluding steroid dienone is 1. The lowest BCUT2D eigenvalue weighted by molar-refractivity contribution is -0.118. The SMILES string of the molecule is C=CCn1c(SCC(=O)NCc2ccco2)nc2c([nH]c3ccccc32)c1=O. The summed E-state index contributed by atoms with van der Waals surface area (Å²) in [6.45, 7) is 4.35. The minimum atomic E-state index is -0.181. The number of rotatable bonds is 7. The predicted octanol–water partition coefficient (Wildman–Crippen LogP) is 3.07. The molecule has 0 bridgehead atoms. The Morgan fingerprint density at radius 2 is 2.18 bits per heavy atom. The number of hydrogen-bond donors (Lipinski definition) is 2. The Balaban J connectivity index is 1.62. The van der Waals surface area contributed by atoms with Crippen LogP contribution in [0.2, 0.25) is 0 Å². The zero-order valence-corrected chi connectivity index (χ0v) is 15.8. The van der Waals surface area contributed by atoms with Gasteiger partial charge in [0.1, 0.15) is 16.8 Å². The van der Waals surface area contributed by atoms with E-state index in [0.29, 0.717) is 35.0 Å². The van der Waals surface area contributed by atoms with Gasteiger partial charge in [0, 0.05) is 17.4 Å². The highest BCUT2D eigenvalue weighted by Gasteiger charge is 2.16. The normalized spacial score (nSPS) is 11.1. The smallest absolute Gasteiger partial charge is 0.278 e. The first-order valence-corrected chi connectivity index (χ1v) is 9.70. The van der Waals surface area contributed by atoms with Crippen molar-refractivity contribution in [1.82, 2.24) is 19.9 Å². The van der Waals surface area contributed by atoms with Gasteiger partial charge in [-0.15, -0.1) is 6.58 Å². The molecule has 0 radical (unpaired) electrons. The van der Waals surface area contributed by atoms with Gasteiger partial charge in [0.2, 0.25) is 5.91 Å². The quantitative estimate of drug-likeness (QED) is 0.285. The number of carbonyl (C=O) groups excluding carboxylic acids is 1. The highest BCUT2D eigenvalue weighted by Crippen LogP contribution is 2.24. The van der Waals surface area contributed by atoms with Crippen molar-refractivity contribution in [2.75, 3.05) is 5.75 Å². The highest BCUT2D eigenvalue weighted by molar-refractivity contribution is 7.99. The molecule has 1 amide bonds. The van der Waals surface area contributed by atoms with Crippen molar-refractivity contribution in [1.29, 1.82) is 0 Å². The first-order valence-electron chi connectivity index (χ1n) is 8.71. The Morgan fingerprint density at radius 1 is 1.32 bits per heavy atom. The molecule has 1 aromatic carbocycles. The molecule has 0 aliphatic rings. The Morgan fingerprint density at radius 3 is 2.96 bits per heavy atom. The molecule has 0 aliphatic heterocycles. The van der Waals surface area contributed by atoms with Gasteiger partial charge in [-0.25, -0.2) is 4.98 Å². The lowest BCUT2D eigenvalue weighted by Gasteiger charge is -2.10. The molecular formula is C20H18N4O3S. The van der Waals surface area contributed by atoms with Crippen molar-refractivity contribution in [2.45, 2.75) is 18.2 Å². The molecule has 0 aliphatic carbocycles. The first kappa shape index (κ1) is 18.1. The van der Waals surface area contributed by atoms with Crippen LogP contribution in [0, 0.1) is 0 Å². The van der Waals surface area contributed by atoms with E-state index in [0.717, 1.165) is 10.9 Å². The van der Waals surface area contributed by atoms with Crippen LogP contribution < -0.4 is 10.9 Å². The molecule has 0 spiro atoms. The second kappa shape index (κ2) is 7.77. The third kappa shape index (κ3) is 3.46. The number of amides is 1. The number of fused-ring (bicyclic) bond motifs is 3. The Hall–Kier alpha value is -3.26. The summed E-state index contributed by atoms with van der Waals surface area (Å²) in [6.07, 6.45) is 3.20. The number of thioether (sulfide) groups is 1.